The maximum atomic E-state index is 11.6. The minimum Gasteiger partial charge on any atom is -0.317 e. The summed E-state index contributed by atoms with van der Waals surface area (Å²) in [4.78, 5) is 0. The third-order valence-electron chi connectivity index (χ3n) is 2.33. The Morgan fingerprint density at radius 1 is 1.38 bits per heavy atom. The summed E-state index contributed by atoms with van der Waals surface area (Å²) in [6, 6.07) is 0.473. The van der Waals surface area contributed by atoms with Gasteiger partial charge in [-0.15, -0.1) is 0 Å². The van der Waals surface area contributed by atoms with Crippen LogP contribution in [-0.2, 0) is 10.8 Å². The second-order valence-electron chi connectivity index (χ2n) is 3.67. The highest BCUT2D eigenvalue weighted by molar-refractivity contribution is 7.85. The Labute approximate surface area is 84.9 Å². The largest absolute Gasteiger partial charge is 0.317 e. The summed E-state index contributed by atoms with van der Waals surface area (Å²) in [5.41, 5.74) is 0. The summed E-state index contributed by atoms with van der Waals surface area (Å²) < 4.78 is 11.6. The second kappa shape index (κ2) is 7.51. The molecule has 0 radical (unpaired) electrons. The highest BCUT2D eigenvalue weighted by Crippen LogP contribution is 2.06. The van der Waals surface area contributed by atoms with Crippen molar-refractivity contribution < 1.29 is 4.21 Å². The zero-order valence-corrected chi connectivity index (χ0v) is 10.1. The summed E-state index contributed by atoms with van der Waals surface area (Å²) in [5.74, 6) is 0.869. The van der Waals surface area contributed by atoms with Crippen LogP contribution in [0.15, 0.2) is 0 Å². The van der Waals surface area contributed by atoms with Gasteiger partial charge in [0.2, 0.25) is 0 Å². The van der Waals surface area contributed by atoms with Crippen LogP contribution in [0.25, 0.3) is 0 Å². The van der Waals surface area contributed by atoms with E-state index < -0.39 is 10.8 Å². The zero-order chi connectivity index (χ0) is 10.3. The van der Waals surface area contributed by atoms with E-state index in [2.05, 4.69) is 26.1 Å². The Hall–Kier alpha value is 0.110. The molecule has 3 atom stereocenters. The molecule has 0 aliphatic heterocycles. The molecule has 0 aromatic heterocycles. The topological polar surface area (TPSA) is 29.1 Å². The fraction of sp³-hybridized carbons (Fsp3) is 1.00. The molecule has 80 valence electrons. The quantitative estimate of drug-likeness (QED) is 0.688. The van der Waals surface area contributed by atoms with Crippen molar-refractivity contribution in [1.82, 2.24) is 5.32 Å². The molecule has 0 amide bonds. The highest BCUT2D eigenvalue weighted by Gasteiger charge is 2.12. The highest BCUT2D eigenvalue weighted by atomic mass is 32.2. The summed E-state index contributed by atoms with van der Waals surface area (Å²) in [7, 11) is 1.32. The number of unbranched alkanes of at least 4 members (excludes halogenated alkanes) is 1. The number of hydrogen-bond acceptors (Lipinski definition) is 2. The summed E-state index contributed by atoms with van der Waals surface area (Å²) >= 11 is 0. The zero-order valence-electron chi connectivity index (χ0n) is 9.30. The first-order valence-electron chi connectivity index (χ1n) is 5.16. The lowest BCUT2D eigenvalue weighted by molar-refractivity contribution is 0.554. The van der Waals surface area contributed by atoms with Gasteiger partial charge in [-0.1, -0.05) is 20.3 Å². The normalized spacial score (nSPS) is 18.2. The van der Waals surface area contributed by atoms with Crippen molar-refractivity contribution in [3.8, 4) is 0 Å². The van der Waals surface area contributed by atoms with Crippen LogP contribution in [0.2, 0.25) is 0 Å². The molecule has 0 aliphatic carbocycles. The van der Waals surface area contributed by atoms with Crippen LogP contribution in [0.5, 0.6) is 0 Å². The second-order valence-corrected chi connectivity index (χ2v) is 5.65. The first kappa shape index (κ1) is 13.1. The van der Waals surface area contributed by atoms with Crippen LogP contribution < -0.4 is 5.32 Å². The lowest BCUT2D eigenvalue weighted by Crippen LogP contribution is -2.28. The molecule has 0 aromatic carbocycles. The third kappa shape index (κ3) is 6.22. The van der Waals surface area contributed by atoms with E-state index in [0.29, 0.717) is 11.3 Å². The van der Waals surface area contributed by atoms with Crippen molar-refractivity contribution >= 4 is 10.8 Å². The first-order valence-corrected chi connectivity index (χ1v) is 6.54. The molecular formula is C10H23NOS. The van der Waals surface area contributed by atoms with E-state index >= 15 is 0 Å². The number of hydrogen-bond donors (Lipinski definition) is 1. The average Bonchev–Trinajstić information content (AvgIpc) is 2.13. The van der Waals surface area contributed by atoms with E-state index in [1.807, 2.05) is 7.05 Å². The van der Waals surface area contributed by atoms with Crippen molar-refractivity contribution in [2.24, 2.45) is 0 Å². The van der Waals surface area contributed by atoms with E-state index in [1.165, 1.54) is 0 Å². The molecule has 0 aliphatic rings. The molecule has 0 rings (SSSR count). The van der Waals surface area contributed by atoms with E-state index in [-0.39, 0.29) is 0 Å². The Balaban J connectivity index is 3.68. The Bertz CT molecular complexity index is 150. The maximum Gasteiger partial charge on any atom is 0.0334 e. The summed E-state index contributed by atoms with van der Waals surface area (Å²) in [5, 5.41) is 3.50. The molecule has 3 unspecified atom stereocenters. The predicted octanol–water partition coefficient (Wildman–Crippen LogP) is 1.92. The molecule has 0 fully saturated rings. The van der Waals surface area contributed by atoms with Gasteiger partial charge in [-0.3, -0.25) is 4.21 Å². The van der Waals surface area contributed by atoms with Gasteiger partial charge in [-0.25, -0.2) is 0 Å². The van der Waals surface area contributed by atoms with Crippen molar-refractivity contribution in [3.05, 3.63) is 0 Å². The monoisotopic (exact) mass is 205 g/mol. The number of nitrogens with one attached hydrogen (secondary N) is 1. The first-order chi connectivity index (χ1) is 6.11. The molecule has 2 nitrogen and oxygen atoms in total. The average molecular weight is 205 g/mol. The minimum absolute atomic E-state index is 0.328. The molecule has 0 aromatic rings. The molecule has 0 bridgehead atoms. The Morgan fingerprint density at radius 3 is 2.46 bits per heavy atom. The smallest absolute Gasteiger partial charge is 0.0334 e. The SMILES string of the molecule is CCCCS(=O)C(C)CC(C)NC. The van der Waals surface area contributed by atoms with Gasteiger partial charge < -0.3 is 5.32 Å². The van der Waals surface area contributed by atoms with Crippen LogP contribution in [0, 0.1) is 0 Å². The van der Waals surface area contributed by atoms with Gasteiger partial charge in [0.15, 0.2) is 0 Å². The lowest BCUT2D eigenvalue weighted by atomic mass is 10.2. The molecule has 13 heavy (non-hydrogen) atoms. The van der Waals surface area contributed by atoms with Crippen LogP contribution in [0.3, 0.4) is 0 Å². The standard InChI is InChI=1S/C10H23NOS/c1-5-6-7-13(12)10(3)8-9(2)11-4/h9-11H,5-8H2,1-4H3. The molecule has 0 spiro atoms. The molecule has 1 N–H and O–H groups in total. The van der Waals surface area contributed by atoms with Gasteiger partial charge in [0, 0.05) is 27.8 Å². The summed E-state index contributed by atoms with van der Waals surface area (Å²) in [6.45, 7) is 6.35. The van der Waals surface area contributed by atoms with E-state index in [1.54, 1.807) is 0 Å². The van der Waals surface area contributed by atoms with Crippen LogP contribution in [0.1, 0.15) is 40.0 Å². The Kier molecular flexibility index (Phi) is 7.57. The van der Waals surface area contributed by atoms with E-state index in [0.717, 1.165) is 25.0 Å². The van der Waals surface area contributed by atoms with Crippen molar-refractivity contribution in [2.75, 3.05) is 12.8 Å². The van der Waals surface area contributed by atoms with Crippen molar-refractivity contribution in [3.63, 3.8) is 0 Å². The molecule has 0 heterocycles. The fourth-order valence-electron chi connectivity index (χ4n) is 1.21. The maximum absolute atomic E-state index is 11.6. The minimum atomic E-state index is -0.627. The lowest BCUT2D eigenvalue weighted by Gasteiger charge is -2.16. The van der Waals surface area contributed by atoms with Crippen LogP contribution >= 0.6 is 0 Å². The van der Waals surface area contributed by atoms with Crippen molar-refractivity contribution in [2.45, 2.75) is 51.3 Å². The Morgan fingerprint density at radius 2 is 2.00 bits per heavy atom. The summed E-state index contributed by atoms with van der Waals surface area (Å²) in [6.07, 6.45) is 3.23. The van der Waals surface area contributed by atoms with E-state index in [9.17, 15) is 4.21 Å². The van der Waals surface area contributed by atoms with Gasteiger partial charge >= 0.3 is 0 Å². The van der Waals surface area contributed by atoms with Gasteiger partial charge in [0.05, 0.1) is 0 Å². The number of rotatable bonds is 7. The molecular weight excluding hydrogens is 182 g/mol. The van der Waals surface area contributed by atoms with Gasteiger partial charge in [-0.2, -0.15) is 0 Å². The van der Waals surface area contributed by atoms with E-state index in [4.69, 9.17) is 0 Å². The van der Waals surface area contributed by atoms with Crippen LogP contribution in [0.4, 0.5) is 0 Å². The third-order valence-corrected chi connectivity index (χ3v) is 4.11. The van der Waals surface area contributed by atoms with Gasteiger partial charge in [-0.05, 0) is 26.8 Å². The fourth-order valence-corrected chi connectivity index (χ4v) is 2.69. The molecule has 0 saturated heterocycles. The molecule has 0 saturated carbocycles. The van der Waals surface area contributed by atoms with Gasteiger partial charge in [0.25, 0.3) is 0 Å². The predicted molar refractivity (Wildman–Crippen MR) is 60.5 cm³/mol. The van der Waals surface area contributed by atoms with Crippen molar-refractivity contribution in [1.29, 1.82) is 0 Å². The van der Waals surface area contributed by atoms with Crippen LogP contribution in [-0.4, -0.2) is 28.3 Å². The molecule has 3 heteroatoms. The van der Waals surface area contributed by atoms with Gasteiger partial charge in [0.1, 0.15) is 0 Å².